The highest BCUT2D eigenvalue weighted by Crippen LogP contribution is 2.33. The first-order valence-corrected chi connectivity index (χ1v) is 7.09. The molecule has 4 heteroatoms. The van der Waals surface area contributed by atoms with Gasteiger partial charge in [0.1, 0.15) is 0 Å². The van der Waals surface area contributed by atoms with E-state index < -0.39 is 5.60 Å². The molecule has 1 aliphatic carbocycles. The van der Waals surface area contributed by atoms with Crippen LogP contribution < -0.4 is 5.32 Å². The molecular formula is C14H28N2O2. The van der Waals surface area contributed by atoms with Crippen molar-refractivity contribution in [3.8, 4) is 0 Å². The summed E-state index contributed by atoms with van der Waals surface area (Å²) in [5.41, 5.74) is -0.667. The molecule has 0 unspecified atom stereocenters. The molecule has 106 valence electrons. The summed E-state index contributed by atoms with van der Waals surface area (Å²) in [6.45, 7) is 3.37. The highest BCUT2D eigenvalue weighted by Gasteiger charge is 2.32. The lowest BCUT2D eigenvalue weighted by atomic mass is 9.78. The van der Waals surface area contributed by atoms with Crippen LogP contribution in [0.4, 0.5) is 0 Å². The Morgan fingerprint density at radius 2 is 2.00 bits per heavy atom. The molecule has 0 bridgehead atoms. The van der Waals surface area contributed by atoms with E-state index in [-0.39, 0.29) is 5.91 Å². The van der Waals surface area contributed by atoms with Crippen LogP contribution in [0.25, 0.3) is 0 Å². The molecule has 2 N–H and O–H groups in total. The fourth-order valence-corrected chi connectivity index (χ4v) is 2.48. The van der Waals surface area contributed by atoms with Crippen molar-refractivity contribution in [3.05, 3.63) is 0 Å². The molecule has 18 heavy (non-hydrogen) atoms. The van der Waals surface area contributed by atoms with E-state index in [2.05, 4.69) is 12.2 Å². The Bertz CT molecular complexity index is 259. The van der Waals surface area contributed by atoms with Gasteiger partial charge in [-0.2, -0.15) is 0 Å². The number of hydrogen-bond donors (Lipinski definition) is 2. The summed E-state index contributed by atoms with van der Waals surface area (Å²) in [5, 5.41) is 13.3. The number of rotatable bonds is 6. The number of carbonyl (C=O) groups is 1. The third-order valence-corrected chi connectivity index (χ3v) is 4.01. The Labute approximate surface area is 111 Å². The zero-order chi connectivity index (χ0) is 13.6. The van der Waals surface area contributed by atoms with Crippen LogP contribution in [0.1, 0.15) is 45.4 Å². The standard InChI is InChI=1S/C14H28N2O2/c1-4-12-5-8-14(18,9-6-12)11-15-13(17)7-10-16(2)3/h12,18H,4-11H2,1-3H3,(H,15,17). The van der Waals surface area contributed by atoms with E-state index in [4.69, 9.17) is 0 Å². The van der Waals surface area contributed by atoms with Crippen LogP contribution in [0.3, 0.4) is 0 Å². The Balaban J connectivity index is 2.24. The lowest BCUT2D eigenvalue weighted by Crippen LogP contribution is -2.45. The maximum absolute atomic E-state index is 11.6. The second-order valence-electron chi connectivity index (χ2n) is 5.91. The topological polar surface area (TPSA) is 52.6 Å². The van der Waals surface area contributed by atoms with E-state index >= 15 is 0 Å². The normalized spacial score (nSPS) is 28.4. The fraction of sp³-hybridized carbons (Fsp3) is 0.929. The quantitative estimate of drug-likeness (QED) is 0.755. The van der Waals surface area contributed by atoms with Crippen molar-refractivity contribution in [3.63, 3.8) is 0 Å². The summed E-state index contributed by atoms with van der Waals surface area (Å²) < 4.78 is 0. The summed E-state index contributed by atoms with van der Waals surface area (Å²) in [4.78, 5) is 13.6. The van der Waals surface area contributed by atoms with E-state index in [1.165, 1.54) is 6.42 Å². The zero-order valence-electron chi connectivity index (χ0n) is 12.0. The van der Waals surface area contributed by atoms with Crippen LogP contribution in [0, 0.1) is 5.92 Å². The minimum Gasteiger partial charge on any atom is -0.388 e. The molecule has 1 fully saturated rings. The van der Waals surface area contributed by atoms with Crippen molar-refractivity contribution >= 4 is 5.91 Å². The fourth-order valence-electron chi connectivity index (χ4n) is 2.48. The molecule has 1 saturated carbocycles. The van der Waals surface area contributed by atoms with Gasteiger partial charge in [-0.15, -0.1) is 0 Å². The molecule has 0 radical (unpaired) electrons. The summed E-state index contributed by atoms with van der Waals surface area (Å²) in [7, 11) is 3.90. The smallest absolute Gasteiger partial charge is 0.221 e. The molecule has 0 aromatic carbocycles. The first kappa shape index (κ1) is 15.4. The molecule has 0 heterocycles. The van der Waals surface area contributed by atoms with Gasteiger partial charge in [0, 0.05) is 19.5 Å². The van der Waals surface area contributed by atoms with Crippen LogP contribution in [0.15, 0.2) is 0 Å². The van der Waals surface area contributed by atoms with Crippen LogP contribution >= 0.6 is 0 Å². The van der Waals surface area contributed by atoms with Gasteiger partial charge < -0.3 is 15.3 Å². The Morgan fingerprint density at radius 1 is 1.39 bits per heavy atom. The Kier molecular flexibility index (Phi) is 6.09. The van der Waals surface area contributed by atoms with Crippen molar-refractivity contribution in [2.45, 2.75) is 51.0 Å². The predicted molar refractivity (Wildman–Crippen MR) is 73.4 cm³/mol. The summed E-state index contributed by atoms with van der Waals surface area (Å²) in [5.74, 6) is 0.796. The van der Waals surface area contributed by atoms with Crippen molar-refractivity contribution < 1.29 is 9.90 Å². The number of nitrogens with zero attached hydrogens (tertiary/aromatic N) is 1. The van der Waals surface area contributed by atoms with Gasteiger partial charge in [0.15, 0.2) is 0 Å². The predicted octanol–water partition coefficient (Wildman–Crippen LogP) is 1.39. The van der Waals surface area contributed by atoms with Gasteiger partial charge in [0.2, 0.25) is 5.91 Å². The van der Waals surface area contributed by atoms with Crippen molar-refractivity contribution in [2.24, 2.45) is 5.92 Å². The van der Waals surface area contributed by atoms with E-state index in [0.717, 1.165) is 38.1 Å². The van der Waals surface area contributed by atoms with Gasteiger partial charge in [-0.1, -0.05) is 13.3 Å². The highest BCUT2D eigenvalue weighted by molar-refractivity contribution is 5.76. The second-order valence-corrected chi connectivity index (χ2v) is 5.91. The van der Waals surface area contributed by atoms with Crippen LogP contribution in [-0.4, -0.2) is 48.7 Å². The van der Waals surface area contributed by atoms with Crippen LogP contribution in [0.2, 0.25) is 0 Å². The van der Waals surface area contributed by atoms with Gasteiger partial charge in [0.05, 0.1) is 5.60 Å². The summed E-state index contributed by atoms with van der Waals surface area (Å²) >= 11 is 0. The molecule has 0 aromatic rings. The van der Waals surface area contributed by atoms with Crippen LogP contribution in [0.5, 0.6) is 0 Å². The molecule has 1 rings (SSSR count). The zero-order valence-corrected chi connectivity index (χ0v) is 12.0. The highest BCUT2D eigenvalue weighted by atomic mass is 16.3. The third-order valence-electron chi connectivity index (χ3n) is 4.01. The lowest BCUT2D eigenvalue weighted by molar-refractivity contribution is -0.123. The third kappa shape index (κ3) is 5.36. The molecule has 1 aliphatic rings. The van der Waals surface area contributed by atoms with Gasteiger partial charge in [-0.25, -0.2) is 0 Å². The van der Waals surface area contributed by atoms with E-state index in [0.29, 0.717) is 13.0 Å². The average Bonchev–Trinajstić information content (AvgIpc) is 2.35. The minimum atomic E-state index is -0.667. The average molecular weight is 256 g/mol. The van der Waals surface area contributed by atoms with Crippen molar-refractivity contribution in [2.75, 3.05) is 27.2 Å². The summed E-state index contributed by atoms with van der Waals surface area (Å²) in [6, 6.07) is 0. The number of carbonyl (C=O) groups excluding carboxylic acids is 1. The first-order valence-electron chi connectivity index (χ1n) is 7.09. The number of hydrogen-bond acceptors (Lipinski definition) is 3. The maximum atomic E-state index is 11.6. The number of nitrogens with one attached hydrogen (secondary N) is 1. The van der Waals surface area contributed by atoms with Gasteiger partial charge in [-0.05, 0) is 45.7 Å². The molecular weight excluding hydrogens is 228 g/mol. The molecule has 1 amide bonds. The molecule has 0 aliphatic heterocycles. The molecule has 0 saturated heterocycles. The van der Waals surface area contributed by atoms with Gasteiger partial charge in [0.25, 0.3) is 0 Å². The second kappa shape index (κ2) is 7.10. The van der Waals surface area contributed by atoms with E-state index in [1.807, 2.05) is 19.0 Å². The number of amides is 1. The largest absolute Gasteiger partial charge is 0.388 e. The van der Waals surface area contributed by atoms with Crippen molar-refractivity contribution in [1.29, 1.82) is 0 Å². The van der Waals surface area contributed by atoms with E-state index in [1.54, 1.807) is 0 Å². The van der Waals surface area contributed by atoms with Crippen LogP contribution in [-0.2, 0) is 4.79 Å². The minimum absolute atomic E-state index is 0.0368. The van der Waals surface area contributed by atoms with E-state index in [9.17, 15) is 9.90 Å². The number of aliphatic hydroxyl groups is 1. The summed E-state index contributed by atoms with van der Waals surface area (Å²) in [6.07, 6.45) is 5.51. The first-order chi connectivity index (χ1) is 8.45. The molecule has 0 aromatic heterocycles. The lowest BCUT2D eigenvalue weighted by Gasteiger charge is -2.35. The van der Waals surface area contributed by atoms with Gasteiger partial charge in [-0.3, -0.25) is 4.79 Å². The monoisotopic (exact) mass is 256 g/mol. The van der Waals surface area contributed by atoms with Gasteiger partial charge >= 0.3 is 0 Å². The maximum Gasteiger partial charge on any atom is 0.221 e. The molecule has 0 atom stereocenters. The van der Waals surface area contributed by atoms with Crippen molar-refractivity contribution in [1.82, 2.24) is 10.2 Å². The Hall–Kier alpha value is -0.610. The Morgan fingerprint density at radius 3 is 2.50 bits per heavy atom. The molecule has 4 nitrogen and oxygen atoms in total. The SMILES string of the molecule is CCC1CCC(O)(CNC(=O)CCN(C)C)CC1. The molecule has 0 spiro atoms.